The van der Waals surface area contributed by atoms with Crippen molar-refractivity contribution in [3.8, 4) is 11.3 Å². The van der Waals surface area contributed by atoms with Crippen molar-refractivity contribution in [2.75, 3.05) is 5.32 Å². The maximum atomic E-state index is 13.7. The number of hydrogen-bond donors (Lipinski definition) is 1. The molecule has 0 unspecified atom stereocenters. The van der Waals surface area contributed by atoms with Crippen LogP contribution in [0.5, 0.6) is 0 Å². The highest BCUT2D eigenvalue weighted by atomic mass is 32.1. The second-order valence-electron chi connectivity index (χ2n) is 4.87. The summed E-state index contributed by atoms with van der Waals surface area (Å²) < 4.78 is 26.5. The van der Waals surface area contributed by atoms with Gasteiger partial charge in [0.05, 0.1) is 12.1 Å². The van der Waals surface area contributed by atoms with Crippen LogP contribution in [0.2, 0.25) is 0 Å². The summed E-state index contributed by atoms with van der Waals surface area (Å²) in [5.41, 5.74) is 1.57. The summed E-state index contributed by atoms with van der Waals surface area (Å²) in [6.07, 6.45) is 0.120. The predicted octanol–water partition coefficient (Wildman–Crippen LogP) is 4.27. The minimum Gasteiger partial charge on any atom is -0.302 e. The first-order chi connectivity index (χ1) is 11.1. The van der Waals surface area contributed by atoms with Crippen LogP contribution in [0, 0.1) is 11.6 Å². The van der Waals surface area contributed by atoms with E-state index in [1.165, 1.54) is 29.5 Å². The predicted molar refractivity (Wildman–Crippen MR) is 86.2 cm³/mol. The van der Waals surface area contributed by atoms with Gasteiger partial charge in [-0.2, -0.15) is 0 Å². The van der Waals surface area contributed by atoms with Crippen LogP contribution in [-0.2, 0) is 11.2 Å². The number of nitrogens with one attached hydrogen (secondary N) is 1. The molecule has 23 heavy (non-hydrogen) atoms. The molecule has 0 bridgehead atoms. The molecule has 1 aromatic heterocycles. The average Bonchev–Trinajstić information content (AvgIpc) is 2.98. The SMILES string of the molecule is O=C(Cc1ccc(F)cc1)Nc1nc(-c2ccccc2F)cs1. The van der Waals surface area contributed by atoms with Crippen molar-refractivity contribution in [3.05, 3.63) is 71.1 Å². The zero-order valence-corrected chi connectivity index (χ0v) is 12.7. The Morgan fingerprint density at radius 3 is 2.57 bits per heavy atom. The average molecular weight is 330 g/mol. The molecule has 2 aromatic carbocycles. The standard InChI is InChI=1S/C17H12F2N2OS/c18-12-7-5-11(6-8-12)9-16(22)21-17-20-15(10-23-17)13-3-1-2-4-14(13)19/h1-8,10H,9H2,(H,20,21,22). The van der Waals surface area contributed by atoms with Gasteiger partial charge in [0.1, 0.15) is 11.6 Å². The number of nitrogens with zero attached hydrogens (tertiary/aromatic N) is 1. The molecule has 1 amide bonds. The highest BCUT2D eigenvalue weighted by Crippen LogP contribution is 2.26. The summed E-state index contributed by atoms with van der Waals surface area (Å²) >= 11 is 1.22. The van der Waals surface area contributed by atoms with Crippen LogP contribution in [0.1, 0.15) is 5.56 Å². The first-order valence-corrected chi connectivity index (χ1v) is 7.74. The number of benzene rings is 2. The van der Waals surface area contributed by atoms with Crippen LogP contribution >= 0.6 is 11.3 Å². The molecule has 0 radical (unpaired) electrons. The van der Waals surface area contributed by atoms with Crippen LogP contribution in [0.3, 0.4) is 0 Å². The molecule has 0 saturated carbocycles. The molecule has 116 valence electrons. The molecule has 0 spiro atoms. The van der Waals surface area contributed by atoms with Crippen LogP contribution < -0.4 is 5.32 Å². The van der Waals surface area contributed by atoms with E-state index >= 15 is 0 Å². The van der Waals surface area contributed by atoms with Crippen molar-refractivity contribution in [1.29, 1.82) is 0 Å². The van der Waals surface area contributed by atoms with Crippen molar-refractivity contribution >= 4 is 22.4 Å². The monoisotopic (exact) mass is 330 g/mol. The summed E-state index contributed by atoms with van der Waals surface area (Å²) in [6.45, 7) is 0. The number of halogens is 2. The van der Waals surface area contributed by atoms with E-state index in [0.717, 1.165) is 0 Å². The summed E-state index contributed by atoms with van der Waals surface area (Å²) in [5.74, 6) is -0.961. The van der Waals surface area contributed by atoms with Crippen molar-refractivity contribution in [3.63, 3.8) is 0 Å². The van der Waals surface area contributed by atoms with Gasteiger partial charge < -0.3 is 5.32 Å². The smallest absolute Gasteiger partial charge is 0.230 e. The number of rotatable bonds is 4. The molecule has 0 aliphatic rings. The third-order valence-electron chi connectivity index (χ3n) is 3.18. The van der Waals surface area contributed by atoms with E-state index < -0.39 is 0 Å². The van der Waals surface area contributed by atoms with E-state index in [4.69, 9.17) is 0 Å². The Balaban J connectivity index is 1.68. The molecule has 3 rings (SSSR count). The fourth-order valence-electron chi connectivity index (χ4n) is 2.07. The summed E-state index contributed by atoms with van der Waals surface area (Å²) in [5, 5.41) is 4.75. The van der Waals surface area contributed by atoms with Gasteiger partial charge in [0.15, 0.2) is 5.13 Å². The zero-order chi connectivity index (χ0) is 16.2. The van der Waals surface area contributed by atoms with Crippen LogP contribution in [0.25, 0.3) is 11.3 Å². The van der Waals surface area contributed by atoms with Crippen LogP contribution in [0.15, 0.2) is 53.9 Å². The fourth-order valence-corrected chi connectivity index (χ4v) is 2.80. The minimum atomic E-state index is -0.359. The molecular weight excluding hydrogens is 318 g/mol. The van der Waals surface area contributed by atoms with Gasteiger partial charge >= 0.3 is 0 Å². The second kappa shape index (κ2) is 6.66. The van der Waals surface area contributed by atoms with Gasteiger partial charge in [-0.25, -0.2) is 13.8 Å². The van der Waals surface area contributed by atoms with E-state index in [1.54, 1.807) is 35.7 Å². The minimum absolute atomic E-state index is 0.120. The molecule has 0 atom stereocenters. The molecule has 0 fully saturated rings. The quantitative estimate of drug-likeness (QED) is 0.776. The number of thiazole rings is 1. The Morgan fingerprint density at radius 2 is 1.83 bits per heavy atom. The number of carbonyl (C=O) groups excluding carboxylic acids is 1. The molecule has 3 nitrogen and oxygen atoms in total. The molecular formula is C17H12F2N2OS. The van der Waals surface area contributed by atoms with E-state index in [1.807, 2.05) is 0 Å². The van der Waals surface area contributed by atoms with E-state index in [0.29, 0.717) is 22.0 Å². The van der Waals surface area contributed by atoms with Crippen molar-refractivity contribution < 1.29 is 13.6 Å². The number of amides is 1. The lowest BCUT2D eigenvalue weighted by Crippen LogP contribution is -2.14. The second-order valence-corrected chi connectivity index (χ2v) is 5.73. The third kappa shape index (κ3) is 3.78. The number of anilines is 1. The van der Waals surface area contributed by atoms with Crippen molar-refractivity contribution in [2.24, 2.45) is 0 Å². The molecule has 1 N–H and O–H groups in total. The topological polar surface area (TPSA) is 42.0 Å². The lowest BCUT2D eigenvalue weighted by atomic mass is 10.1. The van der Waals surface area contributed by atoms with E-state index in [-0.39, 0.29) is 24.0 Å². The summed E-state index contributed by atoms with van der Waals surface area (Å²) in [6, 6.07) is 12.1. The highest BCUT2D eigenvalue weighted by molar-refractivity contribution is 7.14. The number of carbonyl (C=O) groups is 1. The van der Waals surface area contributed by atoms with Gasteiger partial charge in [0.2, 0.25) is 5.91 Å². The third-order valence-corrected chi connectivity index (χ3v) is 3.94. The van der Waals surface area contributed by atoms with Crippen molar-refractivity contribution in [2.45, 2.75) is 6.42 Å². The largest absolute Gasteiger partial charge is 0.302 e. The summed E-state index contributed by atoms with van der Waals surface area (Å²) in [7, 11) is 0. The maximum absolute atomic E-state index is 13.7. The number of aromatic nitrogens is 1. The molecule has 0 aliphatic carbocycles. The Morgan fingerprint density at radius 1 is 1.09 bits per heavy atom. The molecule has 0 saturated heterocycles. The zero-order valence-electron chi connectivity index (χ0n) is 11.9. The molecule has 6 heteroatoms. The highest BCUT2D eigenvalue weighted by Gasteiger charge is 2.11. The fraction of sp³-hybridized carbons (Fsp3) is 0.0588. The van der Waals surface area contributed by atoms with E-state index in [2.05, 4.69) is 10.3 Å². The van der Waals surface area contributed by atoms with Crippen LogP contribution in [0.4, 0.5) is 13.9 Å². The molecule has 1 heterocycles. The Labute approximate surface area is 135 Å². The Bertz CT molecular complexity index is 831. The first kappa shape index (κ1) is 15.3. The van der Waals surface area contributed by atoms with E-state index in [9.17, 15) is 13.6 Å². The summed E-state index contributed by atoms with van der Waals surface area (Å²) in [4.78, 5) is 16.2. The van der Waals surface area contributed by atoms with Gasteiger partial charge in [-0.3, -0.25) is 4.79 Å². The normalized spacial score (nSPS) is 10.5. The Kier molecular flexibility index (Phi) is 4.43. The molecule has 3 aromatic rings. The maximum Gasteiger partial charge on any atom is 0.230 e. The number of hydrogen-bond acceptors (Lipinski definition) is 3. The van der Waals surface area contributed by atoms with Gasteiger partial charge in [0, 0.05) is 10.9 Å². The van der Waals surface area contributed by atoms with Crippen LogP contribution in [-0.4, -0.2) is 10.9 Å². The molecule has 0 aliphatic heterocycles. The Hall–Kier alpha value is -2.60. The first-order valence-electron chi connectivity index (χ1n) is 6.86. The van der Waals surface area contributed by atoms with Crippen molar-refractivity contribution in [1.82, 2.24) is 4.98 Å². The lowest BCUT2D eigenvalue weighted by molar-refractivity contribution is -0.115. The van der Waals surface area contributed by atoms with Gasteiger partial charge in [-0.1, -0.05) is 24.3 Å². The van der Waals surface area contributed by atoms with Gasteiger partial charge in [-0.05, 0) is 29.8 Å². The van der Waals surface area contributed by atoms with Gasteiger partial charge in [0.25, 0.3) is 0 Å². The lowest BCUT2D eigenvalue weighted by Gasteiger charge is -2.02. The van der Waals surface area contributed by atoms with Gasteiger partial charge in [-0.15, -0.1) is 11.3 Å².